The van der Waals surface area contributed by atoms with Gasteiger partial charge in [0.2, 0.25) is 0 Å². The molecule has 0 bridgehead atoms. The van der Waals surface area contributed by atoms with Crippen LogP contribution in [0, 0.1) is 0 Å². The predicted molar refractivity (Wildman–Crippen MR) is 104 cm³/mol. The molecule has 0 aliphatic rings. The first kappa shape index (κ1) is 16.1. The Morgan fingerprint density at radius 1 is 1.16 bits per heavy atom. The number of hydrogen-bond acceptors (Lipinski definition) is 3. The summed E-state index contributed by atoms with van der Waals surface area (Å²) >= 11 is 7.42. The molecule has 4 rings (SSSR count). The van der Waals surface area contributed by atoms with Gasteiger partial charge < -0.3 is 5.11 Å². The Hall–Kier alpha value is -2.43. The number of rotatable bonds is 3. The topological polar surface area (TPSA) is 50.2 Å². The van der Waals surface area contributed by atoms with E-state index >= 15 is 0 Å². The molecular formula is C20H14ClNO2S. The van der Waals surface area contributed by atoms with Crippen molar-refractivity contribution in [3.63, 3.8) is 0 Å². The summed E-state index contributed by atoms with van der Waals surface area (Å²) in [4.78, 5) is 16.7. The summed E-state index contributed by atoms with van der Waals surface area (Å²) in [5.74, 6) is -0.925. The third-order valence-electron chi connectivity index (χ3n) is 4.33. The minimum Gasteiger partial charge on any atom is -0.477 e. The molecule has 5 heteroatoms. The summed E-state index contributed by atoms with van der Waals surface area (Å²) in [7, 11) is 0. The molecule has 0 spiro atoms. The highest BCUT2D eigenvalue weighted by molar-refractivity contribution is 7.22. The minimum atomic E-state index is -0.925. The first-order valence-corrected chi connectivity index (χ1v) is 9.11. The molecule has 0 radical (unpaired) electrons. The number of halogens is 1. The van der Waals surface area contributed by atoms with Crippen LogP contribution in [0.2, 0.25) is 5.02 Å². The van der Waals surface area contributed by atoms with Crippen molar-refractivity contribution in [1.82, 2.24) is 4.98 Å². The lowest BCUT2D eigenvalue weighted by atomic mass is 10.00. The number of aromatic carboxylic acids is 1. The average Bonchev–Trinajstić information content (AvgIpc) is 3.02. The largest absolute Gasteiger partial charge is 0.477 e. The van der Waals surface area contributed by atoms with E-state index in [2.05, 4.69) is 11.9 Å². The van der Waals surface area contributed by atoms with Gasteiger partial charge in [0.05, 0.1) is 5.52 Å². The predicted octanol–water partition coefficient (Wildman–Crippen LogP) is 6.03. The van der Waals surface area contributed by atoms with Crippen molar-refractivity contribution < 1.29 is 9.90 Å². The highest BCUT2D eigenvalue weighted by atomic mass is 35.5. The molecule has 124 valence electrons. The maximum absolute atomic E-state index is 11.9. The van der Waals surface area contributed by atoms with Crippen LogP contribution in [0.25, 0.3) is 32.1 Å². The van der Waals surface area contributed by atoms with Crippen LogP contribution in [-0.4, -0.2) is 16.1 Å². The van der Waals surface area contributed by atoms with Crippen molar-refractivity contribution in [2.24, 2.45) is 0 Å². The highest BCUT2D eigenvalue weighted by Crippen LogP contribution is 2.42. The van der Waals surface area contributed by atoms with E-state index in [0.717, 1.165) is 38.5 Å². The zero-order valence-corrected chi connectivity index (χ0v) is 15.0. The number of aromatic nitrogens is 1. The number of carbonyl (C=O) groups is 1. The number of benzene rings is 2. The van der Waals surface area contributed by atoms with Crippen LogP contribution in [0.15, 0.2) is 48.7 Å². The first-order valence-electron chi connectivity index (χ1n) is 7.92. The summed E-state index contributed by atoms with van der Waals surface area (Å²) in [5, 5.41) is 12.1. The van der Waals surface area contributed by atoms with Crippen molar-refractivity contribution in [3.05, 3.63) is 64.1 Å². The van der Waals surface area contributed by atoms with Crippen molar-refractivity contribution in [1.29, 1.82) is 0 Å². The fourth-order valence-corrected chi connectivity index (χ4v) is 4.38. The molecule has 2 aromatic heterocycles. The molecule has 2 heterocycles. The molecule has 0 atom stereocenters. The quantitative estimate of drug-likeness (QED) is 0.481. The number of hydrogen-bond donors (Lipinski definition) is 1. The fraction of sp³-hybridized carbons (Fsp3) is 0.100. The Balaban J connectivity index is 2.07. The Morgan fingerprint density at radius 3 is 2.60 bits per heavy atom. The van der Waals surface area contributed by atoms with Gasteiger partial charge in [0.25, 0.3) is 0 Å². The van der Waals surface area contributed by atoms with E-state index in [0.29, 0.717) is 9.90 Å². The average molecular weight is 368 g/mol. The van der Waals surface area contributed by atoms with Crippen LogP contribution in [0.4, 0.5) is 0 Å². The van der Waals surface area contributed by atoms with Crippen LogP contribution in [0.3, 0.4) is 0 Å². The van der Waals surface area contributed by atoms with Crippen LogP contribution in [0.5, 0.6) is 0 Å². The molecule has 0 unspecified atom stereocenters. The van der Waals surface area contributed by atoms with Gasteiger partial charge in [0, 0.05) is 32.3 Å². The van der Waals surface area contributed by atoms with E-state index < -0.39 is 5.97 Å². The second-order valence-electron chi connectivity index (χ2n) is 5.82. The first-order chi connectivity index (χ1) is 12.1. The third kappa shape index (κ3) is 2.68. The lowest BCUT2D eigenvalue weighted by Gasteiger charge is -2.05. The van der Waals surface area contributed by atoms with Gasteiger partial charge >= 0.3 is 5.97 Å². The summed E-state index contributed by atoms with van der Waals surface area (Å²) in [6, 6.07) is 13.5. The molecule has 0 saturated heterocycles. The standard InChI is InChI=1S/C20H14ClNO2S/c1-2-11-3-5-12(6-4-11)17-15-10-22-16-8-7-13(21)9-14(16)18(15)25-19(17)20(23)24/h3-10H,2H2,1H3,(H,23,24). The molecule has 3 nitrogen and oxygen atoms in total. The smallest absolute Gasteiger partial charge is 0.346 e. The molecule has 4 aromatic rings. The molecular weight excluding hydrogens is 354 g/mol. The molecule has 0 amide bonds. The van der Waals surface area contributed by atoms with E-state index in [1.165, 1.54) is 16.9 Å². The molecule has 0 aliphatic carbocycles. The van der Waals surface area contributed by atoms with Gasteiger partial charge in [-0.3, -0.25) is 4.98 Å². The van der Waals surface area contributed by atoms with E-state index in [9.17, 15) is 9.90 Å². The highest BCUT2D eigenvalue weighted by Gasteiger charge is 2.21. The minimum absolute atomic E-state index is 0.327. The summed E-state index contributed by atoms with van der Waals surface area (Å²) < 4.78 is 0.902. The Kier molecular flexibility index (Phi) is 3.94. The summed E-state index contributed by atoms with van der Waals surface area (Å²) in [6.07, 6.45) is 2.71. The van der Waals surface area contributed by atoms with E-state index in [4.69, 9.17) is 11.6 Å². The number of nitrogens with zero attached hydrogens (tertiary/aromatic N) is 1. The van der Waals surface area contributed by atoms with Crippen molar-refractivity contribution in [2.75, 3.05) is 0 Å². The van der Waals surface area contributed by atoms with E-state index in [1.54, 1.807) is 12.3 Å². The lowest BCUT2D eigenvalue weighted by molar-refractivity contribution is 0.0703. The number of thiophene rings is 1. The Bertz CT molecular complexity index is 1120. The number of fused-ring (bicyclic) bond motifs is 3. The van der Waals surface area contributed by atoms with Crippen molar-refractivity contribution >= 4 is 49.9 Å². The maximum atomic E-state index is 11.9. The number of carboxylic acid groups (broad SMARTS) is 1. The fourth-order valence-electron chi connectivity index (χ4n) is 3.05. The van der Waals surface area contributed by atoms with E-state index in [-0.39, 0.29) is 0 Å². The summed E-state index contributed by atoms with van der Waals surface area (Å²) in [6.45, 7) is 2.09. The number of carboxylic acids is 1. The third-order valence-corrected chi connectivity index (χ3v) is 5.79. The number of aryl methyl sites for hydroxylation is 1. The van der Waals surface area contributed by atoms with Gasteiger partial charge in [0.1, 0.15) is 4.88 Å². The van der Waals surface area contributed by atoms with Crippen molar-refractivity contribution in [3.8, 4) is 11.1 Å². The molecule has 25 heavy (non-hydrogen) atoms. The zero-order valence-electron chi connectivity index (χ0n) is 13.4. The second kappa shape index (κ2) is 6.14. The van der Waals surface area contributed by atoms with Crippen molar-refractivity contribution in [2.45, 2.75) is 13.3 Å². The maximum Gasteiger partial charge on any atom is 0.346 e. The van der Waals surface area contributed by atoms with Gasteiger partial charge in [-0.05, 0) is 35.7 Å². The normalized spacial score (nSPS) is 11.3. The summed E-state index contributed by atoms with van der Waals surface area (Å²) in [5.41, 5.74) is 3.65. The monoisotopic (exact) mass is 367 g/mol. The van der Waals surface area contributed by atoms with Crippen LogP contribution in [0.1, 0.15) is 22.2 Å². The van der Waals surface area contributed by atoms with Crippen LogP contribution >= 0.6 is 22.9 Å². The Morgan fingerprint density at radius 2 is 1.92 bits per heavy atom. The zero-order chi connectivity index (χ0) is 17.6. The SMILES string of the molecule is CCc1ccc(-c2c(C(=O)O)sc3c2cnc2ccc(Cl)cc23)cc1. The van der Waals surface area contributed by atoms with Gasteiger partial charge in [-0.2, -0.15) is 0 Å². The van der Waals surface area contributed by atoms with E-state index in [1.807, 2.05) is 36.4 Å². The second-order valence-corrected chi connectivity index (χ2v) is 7.28. The molecule has 1 N–H and O–H groups in total. The molecule has 0 saturated carbocycles. The molecule has 0 aliphatic heterocycles. The lowest BCUT2D eigenvalue weighted by Crippen LogP contribution is -1.95. The molecule has 2 aromatic carbocycles. The van der Waals surface area contributed by atoms with Gasteiger partial charge in [-0.25, -0.2) is 4.79 Å². The van der Waals surface area contributed by atoms with Gasteiger partial charge in [-0.1, -0.05) is 42.8 Å². The van der Waals surface area contributed by atoms with Gasteiger partial charge in [0.15, 0.2) is 0 Å². The Labute approximate surface area is 153 Å². The van der Waals surface area contributed by atoms with Crippen LogP contribution < -0.4 is 0 Å². The molecule has 0 fully saturated rings. The van der Waals surface area contributed by atoms with Crippen LogP contribution in [-0.2, 0) is 6.42 Å². The number of pyridine rings is 1. The van der Waals surface area contributed by atoms with Gasteiger partial charge in [-0.15, -0.1) is 11.3 Å².